The number of amides is 1. The second-order valence-corrected chi connectivity index (χ2v) is 9.40. The van der Waals surface area contributed by atoms with Gasteiger partial charge in [0.2, 0.25) is 23.3 Å². The number of Topliss-reactive ketones (excluding diaryl/α,β-unsaturated/α-hetero) is 3. The van der Waals surface area contributed by atoms with E-state index < -0.39 is 87.0 Å². The second-order valence-electron chi connectivity index (χ2n) is 9.40. The fraction of sp³-hybridized carbons (Fsp3) is 0.500. The van der Waals surface area contributed by atoms with Crippen LogP contribution in [0.2, 0.25) is 0 Å². The second kappa shape index (κ2) is 7.00. The average Bonchev–Trinajstić information content (AvgIpc) is 2.70. The van der Waals surface area contributed by atoms with Crippen LogP contribution >= 0.6 is 0 Å². The third kappa shape index (κ3) is 2.73. The van der Waals surface area contributed by atoms with Crippen LogP contribution in [-0.4, -0.2) is 91.8 Å². The van der Waals surface area contributed by atoms with Crippen LogP contribution in [0.4, 0.5) is 0 Å². The molecule has 1 amide bonds. The van der Waals surface area contributed by atoms with E-state index >= 15 is 0 Å². The lowest BCUT2D eigenvalue weighted by Gasteiger charge is -2.55. The fourth-order valence-corrected chi connectivity index (χ4v) is 5.91. The van der Waals surface area contributed by atoms with E-state index in [9.17, 15) is 44.4 Å². The molecule has 7 unspecified atom stereocenters. The first kappa shape index (κ1) is 23.2. The molecule has 4 aliphatic carbocycles. The molecule has 2 saturated carbocycles. The summed E-state index contributed by atoms with van der Waals surface area (Å²) >= 11 is 0. The summed E-state index contributed by atoms with van der Waals surface area (Å²) in [6, 6.07) is -1.12. The van der Waals surface area contributed by atoms with E-state index in [4.69, 9.17) is 5.73 Å². The molecule has 0 aromatic heterocycles. The Balaban J connectivity index is 1.98. The van der Waals surface area contributed by atoms with Crippen LogP contribution in [0.25, 0.3) is 0 Å². The monoisotopic (exact) mass is 460 g/mol. The number of allylic oxidation sites excluding steroid dienone is 2. The van der Waals surface area contributed by atoms with Crippen molar-refractivity contribution in [3.63, 3.8) is 0 Å². The Morgan fingerprint density at radius 3 is 2.30 bits per heavy atom. The van der Waals surface area contributed by atoms with Gasteiger partial charge in [-0.2, -0.15) is 0 Å². The molecule has 11 nitrogen and oxygen atoms in total. The quantitative estimate of drug-likeness (QED) is 0.167. The number of likely N-dealkylation sites (N-methyl/N-ethyl adjacent to an activating group) is 1. The smallest absolute Gasteiger partial charge is 0.232 e. The third-order valence-electron chi connectivity index (χ3n) is 7.45. The van der Waals surface area contributed by atoms with Crippen LogP contribution in [0.3, 0.4) is 0 Å². The number of hydrogen-bond acceptors (Lipinski definition) is 10. The van der Waals surface area contributed by atoms with Gasteiger partial charge < -0.3 is 31.1 Å². The normalized spacial score (nSPS) is 40.8. The van der Waals surface area contributed by atoms with Crippen LogP contribution in [0, 0.1) is 17.8 Å². The van der Waals surface area contributed by atoms with Crippen molar-refractivity contribution in [1.29, 1.82) is 0 Å². The molecule has 2 fully saturated rings. The summed E-state index contributed by atoms with van der Waals surface area (Å²) in [7, 11) is 3.01. The summed E-state index contributed by atoms with van der Waals surface area (Å²) < 4.78 is 0. The van der Waals surface area contributed by atoms with Gasteiger partial charge in [-0.1, -0.05) is 0 Å². The van der Waals surface area contributed by atoms with E-state index in [1.54, 1.807) is 0 Å². The van der Waals surface area contributed by atoms with Gasteiger partial charge in [-0.25, -0.2) is 0 Å². The van der Waals surface area contributed by atoms with E-state index in [1.807, 2.05) is 0 Å². The summed E-state index contributed by atoms with van der Waals surface area (Å²) in [6.07, 6.45) is -0.0249. The van der Waals surface area contributed by atoms with Gasteiger partial charge in [0.25, 0.3) is 0 Å². The molecule has 0 aromatic rings. The summed E-state index contributed by atoms with van der Waals surface area (Å²) in [6.45, 7) is 1.21. The van der Waals surface area contributed by atoms with Crippen molar-refractivity contribution < 1.29 is 44.4 Å². The molecule has 0 saturated heterocycles. The SMILES string of the molecule is CN(C)C1C(O)C(C(N)=O)C(=O)C2(O)C(=O)C3=C(O)C4=C(C(=O)C(=O)C=C4)C(C)(O)C3CC12. The molecule has 33 heavy (non-hydrogen) atoms. The van der Waals surface area contributed by atoms with Crippen molar-refractivity contribution >= 4 is 29.0 Å². The summed E-state index contributed by atoms with van der Waals surface area (Å²) in [5, 5.41) is 44.6. The predicted octanol–water partition coefficient (Wildman–Crippen LogP) is -2.52. The first-order valence-electron chi connectivity index (χ1n) is 10.3. The lowest BCUT2D eigenvalue weighted by molar-refractivity contribution is -0.187. The molecule has 4 aliphatic rings. The Labute approximate surface area is 187 Å². The van der Waals surface area contributed by atoms with Crippen molar-refractivity contribution in [1.82, 2.24) is 4.90 Å². The van der Waals surface area contributed by atoms with E-state index in [1.165, 1.54) is 25.9 Å². The highest BCUT2D eigenvalue weighted by molar-refractivity contribution is 6.49. The van der Waals surface area contributed by atoms with Crippen LogP contribution in [0.15, 0.2) is 34.6 Å². The summed E-state index contributed by atoms with van der Waals surface area (Å²) in [5.74, 6) is -11.0. The van der Waals surface area contributed by atoms with Gasteiger partial charge in [0.1, 0.15) is 11.7 Å². The Bertz CT molecular complexity index is 1130. The first-order chi connectivity index (χ1) is 15.2. The molecular formula is C22H24N2O9. The van der Waals surface area contributed by atoms with Crippen LogP contribution in [0.5, 0.6) is 0 Å². The number of ketones is 4. The number of hydrogen-bond donors (Lipinski definition) is 5. The molecular weight excluding hydrogens is 436 g/mol. The number of fused-ring (bicyclic) bond motifs is 2. The minimum atomic E-state index is -2.82. The van der Waals surface area contributed by atoms with Crippen LogP contribution < -0.4 is 5.73 Å². The number of aliphatic hydroxyl groups excluding tert-OH is 2. The number of nitrogens with two attached hydrogens (primary N) is 1. The lowest BCUT2D eigenvalue weighted by atomic mass is 9.52. The van der Waals surface area contributed by atoms with Gasteiger partial charge in [-0.3, -0.25) is 24.0 Å². The molecule has 4 rings (SSSR count). The fourth-order valence-electron chi connectivity index (χ4n) is 5.91. The molecule has 0 aromatic carbocycles. The zero-order valence-electron chi connectivity index (χ0n) is 18.1. The Morgan fingerprint density at radius 1 is 1.15 bits per heavy atom. The third-order valence-corrected chi connectivity index (χ3v) is 7.45. The molecule has 0 bridgehead atoms. The van der Waals surface area contributed by atoms with E-state index in [0.717, 1.165) is 12.2 Å². The Morgan fingerprint density at radius 2 is 1.76 bits per heavy atom. The highest BCUT2D eigenvalue weighted by Crippen LogP contribution is 2.54. The van der Waals surface area contributed by atoms with Crippen molar-refractivity contribution in [2.75, 3.05) is 14.1 Å². The Kier molecular flexibility index (Phi) is 4.92. The summed E-state index contributed by atoms with van der Waals surface area (Å²) in [4.78, 5) is 64.8. The highest BCUT2D eigenvalue weighted by Gasteiger charge is 2.69. The molecule has 6 N–H and O–H groups in total. The Hall–Kier alpha value is -2.99. The number of primary amides is 1. The number of aliphatic hydroxyl groups is 4. The molecule has 176 valence electrons. The average molecular weight is 460 g/mol. The van der Waals surface area contributed by atoms with Gasteiger partial charge in [-0.05, 0) is 39.6 Å². The van der Waals surface area contributed by atoms with E-state index in [0.29, 0.717) is 0 Å². The van der Waals surface area contributed by atoms with Crippen LogP contribution in [-0.2, 0) is 24.0 Å². The number of carbonyl (C=O) groups is 5. The number of carbonyl (C=O) groups excluding carboxylic acids is 5. The zero-order valence-corrected chi connectivity index (χ0v) is 18.1. The molecule has 11 heteroatoms. The maximum atomic E-state index is 13.6. The first-order valence-corrected chi connectivity index (χ1v) is 10.3. The van der Waals surface area contributed by atoms with Gasteiger partial charge in [0.15, 0.2) is 11.4 Å². The molecule has 0 spiro atoms. The van der Waals surface area contributed by atoms with Gasteiger partial charge in [-0.15, -0.1) is 0 Å². The number of nitrogens with zero attached hydrogens (tertiary/aromatic N) is 1. The van der Waals surface area contributed by atoms with Crippen molar-refractivity contribution in [2.45, 2.75) is 36.7 Å². The van der Waals surface area contributed by atoms with Gasteiger partial charge in [0, 0.05) is 34.6 Å². The number of rotatable bonds is 2. The van der Waals surface area contributed by atoms with Crippen LogP contribution in [0.1, 0.15) is 13.3 Å². The standard InChI is InChI=1S/C22H24N2O9/c1-21(32)8-6-9-14(24(2)3)17(28)12(20(23)31)19(30)22(9,33)18(29)11(8)15(26)7-4-5-10(25)16(27)13(7)21/h4-5,8-9,12,14,17,26,28,32-33H,6H2,1-3H3,(H2,23,31). The van der Waals surface area contributed by atoms with E-state index in [-0.39, 0.29) is 12.0 Å². The minimum absolute atomic E-state index is 0.259. The molecule has 0 heterocycles. The molecule has 0 aliphatic heterocycles. The lowest BCUT2D eigenvalue weighted by Crippen LogP contribution is -2.74. The van der Waals surface area contributed by atoms with Gasteiger partial charge >= 0.3 is 0 Å². The van der Waals surface area contributed by atoms with Crippen molar-refractivity contribution in [3.8, 4) is 0 Å². The zero-order chi connectivity index (χ0) is 24.8. The largest absolute Gasteiger partial charge is 0.507 e. The predicted molar refractivity (Wildman–Crippen MR) is 109 cm³/mol. The van der Waals surface area contributed by atoms with Gasteiger partial charge in [0.05, 0.1) is 11.7 Å². The summed E-state index contributed by atoms with van der Waals surface area (Å²) in [5.41, 5.74) is -0.768. The topological polar surface area (TPSA) is 196 Å². The maximum absolute atomic E-state index is 13.6. The van der Waals surface area contributed by atoms with Crippen molar-refractivity contribution in [3.05, 3.63) is 34.6 Å². The minimum Gasteiger partial charge on any atom is -0.507 e. The highest BCUT2D eigenvalue weighted by atomic mass is 16.3. The van der Waals surface area contributed by atoms with Crippen molar-refractivity contribution in [2.24, 2.45) is 23.5 Å². The molecule has 7 atom stereocenters. The maximum Gasteiger partial charge on any atom is 0.232 e. The molecule has 0 radical (unpaired) electrons. The van der Waals surface area contributed by atoms with E-state index in [2.05, 4.69) is 0 Å².